The number of nitrogens with zero attached hydrogens (tertiary/aromatic N) is 2. The van der Waals surface area contributed by atoms with Gasteiger partial charge in [-0.1, -0.05) is 35.9 Å². The van der Waals surface area contributed by atoms with Crippen LogP contribution in [-0.2, 0) is 6.42 Å². The lowest BCUT2D eigenvalue weighted by molar-refractivity contribution is 0.577. The third-order valence-corrected chi connectivity index (χ3v) is 5.52. The van der Waals surface area contributed by atoms with Gasteiger partial charge in [0.05, 0.1) is 11.3 Å². The van der Waals surface area contributed by atoms with E-state index < -0.39 is 0 Å². The lowest BCUT2D eigenvalue weighted by Crippen LogP contribution is -2.30. The molecule has 2 nitrogen and oxygen atoms in total. The first-order valence-corrected chi connectivity index (χ1v) is 9.43. The van der Waals surface area contributed by atoms with Crippen molar-refractivity contribution in [2.45, 2.75) is 32.1 Å². The van der Waals surface area contributed by atoms with E-state index in [1.807, 2.05) is 12.1 Å². The van der Waals surface area contributed by atoms with Crippen molar-refractivity contribution in [2.75, 3.05) is 18.0 Å². The Hall–Kier alpha value is -2.24. The molecule has 1 fully saturated rings. The van der Waals surface area contributed by atoms with E-state index in [4.69, 9.17) is 11.6 Å². The van der Waals surface area contributed by atoms with Crippen molar-refractivity contribution in [3.8, 4) is 17.2 Å². The molecular weight excluding hydrogens is 328 g/mol. The van der Waals surface area contributed by atoms with Gasteiger partial charge in [-0.2, -0.15) is 5.26 Å². The predicted octanol–water partition coefficient (Wildman–Crippen LogP) is 5.83. The monoisotopic (exact) mass is 348 g/mol. The van der Waals surface area contributed by atoms with Gasteiger partial charge in [0, 0.05) is 18.1 Å². The second-order valence-electron chi connectivity index (χ2n) is 6.82. The Morgan fingerprint density at radius 1 is 1.04 bits per heavy atom. The van der Waals surface area contributed by atoms with Crippen molar-refractivity contribution in [3.63, 3.8) is 0 Å². The fourth-order valence-corrected chi connectivity index (χ4v) is 4.13. The molecule has 0 N–H and O–H groups in total. The highest BCUT2D eigenvalue weighted by Crippen LogP contribution is 2.39. The summed E-state index contributed by atoms with van der Waals surface area (Å²) in [6, 6.07) is 12.8. The standard InChI is InChI=1S/C22H21ClN2/c23-17-10-8-16(9-11-17)20-14-22(25-12-4-1-5-13-25)21(15-24)19-7-3-2-6-18(19)20/h3,7-11,14H,1-2,4-6,12-13H2. The van der Waals surface area contributed by atoms with Gasteiger partial charge in [0.25, 0.3) is 0 Å². The predicted molar refractivity (Wildman–Crippen MR) is 105 cm³/mol. The number of fused-ring (bicyclic) bond motifs is 1. The van der Waals surface area contributed by atoms with Crippen molar-refractivity contribution in [1.82, 2.24) is 0 Å². The van der Waals surface area contributed by atoms with Gasteiger partial charge in [0.15, 0.2) is 0 Å². The van der Waals surface area contributed by atoms with Crippen molar-refractivity contribution in [3.05, 3.63) is 58.1 Å². The zero-order valence-corrected chi connectivity index (χ0v) is 15.0. The van der Waals surface area contributed by atoms with Crippen LogP contribution in [0.1, 0.15) is 42.4 Å². The fourth-order valence-electron chi connectivity index (χ4n) is 4.00. The maximum absolute atomic E-state index is 9.87. The summed E-state index contributed by atoms with van der Waals surface area (Å²) in [6.45, 7) is 2.08. The normalized spacial score (nSPS) is 16.4. The molecule has 0 radical (unpaired) electrons. The highest BCUT2D eigenvalue weighted by atomic mass is 35.5. The second kappa shape index (κ2) is 6.94. The third-order valence-electron chi connectivity index (χ3n) is 5.27. The van der Waals surface area contributed by atoms with Gasteiger partial charge in [-0.05, 0) is 72.6 Å². The Labute approximate surface area is 154 Å². The molecule has 1 heterocycles. The molecule has 2 aliphatic rings. The van der Waals surface area contributed by atoms with Gasteiger partial charge in [-0.15, -0.1) is 0 Å². The number of piperidine rings is 1. The van der Waals surface area contributed by atoms with Crippen LogP contribution in [0.25, 0.3) is 17.2 Å². The largest absolute Gasteiger partial charge is 0.370 e. The van der Waals surface area contributed by atoms with E-state index in [1.54, 1.807) is 0 Å². The first-order chi connectivity index (χ1) is 12.3. The Kier molecular flexibility index (Phi) is 4.51. The Balaban J connectivity index is 1.93. The van der Waals surface area contributed by atoms with Crippen LogP contribution in [-0.4, -0.2) is 13.1 Å². The Morgan fingerprint density at radius 2 is 1.80 bits per heavy atom. The average Bonchev–Trinajstić information content (AvgIpc) is 2.68. The van der Waals surface area contributed by atoms with Crippen molar-refractivity contribution in [2.24, 2.45) is 0 Å². The number of hydrogen-bond acceptors (Lipinski definition) is 2. The van der Waals surface area contributed by atoms with Gasteiger partial charge < -0.3 is 4.90 Å². The topological polar surface area (TPSA) is 27.0 Å². The summed E-state index contributed by atoms with van der Waals surface area (Å²) in [5.74, 6) is 0. The number of allylic oxidation sites excluding steroid dienone is 1. The molecule has 2 aromatic rings. The van der Waals surface area contributed by atoms with Crippen LogP contribution in [0, 0.1) is 11.3 Å². The Bertz CT molecular complexity index is 853. The number of halogens is 1. The van der Waals surface area contributed by atoms with Gasteiger partial charge >= 0.3 is 0 Å². The summed E-state index contributed by atoms with van der Waals surface area (Å²) in [6.07, 6.45) is 10.0. The van der Waals surface area contributed by atoms with E-state index in [0.717, 1.165) is 47.8 Å². The van der Waals surface area contributed by atoms with Crippen LogP contribution in [0.15, 0.2) is 36.4 Å². The highest BCUT2D eigenvalue weighted by Gasteiger charge is 2.23. The summed E-state index contributed by atoms with van der Waals surface area (Å²) in [7, 11) is 0. The van der Waals surface area contributed by atoms with Gasteiger partial charge in [0.1, 0.15) is 6.07 Å². The van der Waals surface area contributed by atoms with Crippen molar-refractivity contribution < 1.29 is 0 Å². The molecule has 0 spiro atoms. The first kappa shape index (κ1) is 16.2. The third kappa shape index (κ3) is 3.05. The first-order valence-electron chi connectivity index (χ1n) is 9.05. The van der Waals surface area contributed by atoms with E-state index in [9.17, 15) is 5.26 Å². The number of hydrogen-bond donors (Lipinski definition) is 0. The molecule has 1 saturated heterocycles. The van der Waals surface area contributed by atoms with Crippen LogP contribution in [0.2, 0.25) is 5.02 Å². The lowest BCUT2D eigenvalue weighted by Gasteiger charge is -2.32. The zero-order chi connectivity index (χ0) is 17.2. The quantitative estimate of drug-likeness (QED) is 0.682. The summed E-state index contributed by atoms with van der Waals surface area (Å²) in [4.78, 5) is 2.39. The average molecular weight is 349 g/mol. The molecule has 1 aliphatic carbocycles. The summed E-state index contributed by atoms with van der Waals surface area (Å²) < 4.78 is 0. The smallest absolute Gasteiger partial charge is 0.102 e. The minimum atomic E-state index is 0.752. The maximum Gasteiger partial charge on any atom is 0.102 e. The molecular formula is C22H21ClN2. The van der Waals surface area contributed by atoms with Crippen LogP contribution < -0.4 is 4.90 Å². The minimum absolute atomic E-state index is 0.752. The molecule has 0 aromatic heterocycles. The fraction of sp³-hybridized carbons (Fsp3) is 0.318. The van der Waals surface area contributed by atoms with E-state index in [0.29, 0.717) is 0 Å². The van der Waals surface area contributed by atoms with E-state index in [2.05, 4.69) is 41.3 Å². The van der Waals surface area contributed by atoms with Gasteiger partial charge in [0.2, 0.25) is 0 Å². The van der Waals surface area contributed by atoms with Gasteiger partial charge in [-0.25, -0.2) is 0 Å². The molecule has 0 bridgehead atoms. The van der Waals surface area contributed by atoms with Crippen molar-refractivity contribution in [1.29, 1.82) is 5.26 Å². The molecule has 126 valence electrons. The molecule has 0 amide bonds. The summed E-state index contributed by atoms with van der Waals surface area (Å²) >= 11 is 6.08. The van der Waals surface area contributed by atoms with Crippen LogP contribution in [0.5, 0.6) is 0 Å². The molecule has 3 heteroatoms. The van der Waals surface area contributed by atoms with Crippen molar-refractivity contribution >= 4 is 23.4 Å². The molecule has 0 saturated carbocycles. The summed E-state index contributed by atoms with van der Waals surface area (Å²) in [5.41, 5.74) is 6.77. The molecule has 1 aliphatic heterocycles. The molecule has 2 aromatic carbocycles. The van der Waals surface area contributed by atoms with E-state index >= 15 is 0 Å². The number of benzene rings is 2. The SMILES string of the molecule is N#Cc1c(N2CCCCC2)cc(-c2ccc(Cl)cc2)c2c1C=CCC2. The number of nitriles is 1. The van der Waals surface area contributed by atoms with Crippen LogP contribution in [0.4, 0.5) is 5.69 Å². The molecule has 0 unspecified atom stereocenters. The highest BCUT2D eigenvalue weighted by molar-refractivity contribution is 6.30. The maximum atomic E-state index is 9.87. The Morgan fingerprint density at radius 3 is 2.52 bits per heavy atom. The molecule has 0 atom stereocenters. The second-order valence-corrected chi connectivity index (χ2v) is 7.25. The van der Waals surface area contributed by atoms with Crippen LogP contribution in [0.3, 0.4) is 0 Å². The number of rotatable bonds is 2. The van der Waals surface area contributed by atoms with E-state index in [-0.39, 0.29) is 0 Å². The summed E-state index contributed by atoms with van der Waals surface area (Å²) in [5, 5.41) is 10.6. The van der Waals surface area contributed by atoms with Gasteiger partial charge in [-0.3, -0.25) is 0 Å². The number of anilines is 1. The lowest BCUT2D eigenvalue weighted by atomic mass is 9.85. The zero-order valence-electron chi connectivity index (χ0n) is 14.3. The molecule has 25 heavy (non-hydrogen) atoms. The minimum Gasteiger partial charge on any atom is -0.370 e. The van der Waals surface area contributed by atoms with E-state index in [1.165, 1.54) is 36.0 Å². The molecule has 4 rings (SSSR count). The van der Waals surface area contributed by atoms with Crippen LogP contribution >= 0.6 is 11.6 Å².